The standard InChI is InChI=1S/C18H29N5O/c1-5-6-23-14(3)17(13(2)20-23)10-22-9-16(12-24)18(11-22)15-7-19-21(4)8-15/h7-8,16,18,24H,5-6,9-12H2,1-4H3/t16-,18-/m0/s1. The lowest BCUT2D eigenvalue weighted by Crippen LogP contribution is -2.21. The summed E-state index contributed by atoms with van der Waals surface area (Å²) in [6.07, 6.45) is 5.11. The first-order chi connectivity index (χ1) is 11.5. The summed E-state index contributed by atoms with van der Waals surface area (Å²) in [6, 6.07) is 0. The summed E-state index contributed by atoms with van der Waals surface area (Å²) in [5, 5.41) is 18.8. The Bertz CT molecular complexity index is 690. The average Bonchev–Trinajstić information content (AvgIpc) is 3.22. The fraction of sp³-hybridized carbons (Fsp3) is 0.667. The maximum Gasteiger partial charge on any atom is 0.0641 e. The highest BCUT2D eigenvalue weighted by Gasteiger charge is 2.34. The van der Waals surface area contributed by atoms with Gasteiger partial charge in [0.15, 0.2) is 0 Å². The first-order valence-corrected chi connectivity index (χ1v) is 8.88. The van der Waals surface area contributed by atoms with E-state index in [0.717, 1.165) is 38.3 Å². The van der Waals surface area contributed by atoms with Crippen LogP contribution in [0.15, 0.2) is 12.4 Å². The quantitative estimate of drug-likeness (QED) is 0.878. The normalized spacial score (nSPS) is 21.7. The molecule has 0 amide bonds. The van der Waals surface area contributed by atoms with Crippen molar-refractivity contribution in [1.29, 1.82) is 0 Å². The molecule has 0 aliphatic carbocycles. The van der Waals surface area contributed by atoms with Crippen molar-refractivity contribution in [3.8, 4) is 0 Å². The largest absolute Gasteiger partial charge is 0.396 e. The molecule has 2 aromatic rings. The summed E-state index contributed by atoms with van der Waals surface area (Å²) in [7, 11) is 1.94. The lowest BCUT2D eigenvalue weighted by Gasteiger charge is -2.16. The van der Waals surface area contributed by atoms with Gasteiger partial charge in [0.2, 0.25) is 0 Å². The molecule has 1 fully saturated rings. The summed E-state index contributed by atoms with van der Waals surface area (Å²) < 4.78 is 3.97. The second-order valence-corrected chi connectivity index (χ2v) is 7.06. The lowest BCUT2D eigenvalue weighted by molar-refractivity contribution is 0.213. The van der Waals surface area contributed by atoms with E-state index in [1.807, 2.05) is 17.9 Å². The summed E-state index contributed by atoms with van der Waals surface area (Å²) in [5.74, 6) is 0.635. The van der Waals surface area contributed by atoms with Gasteiger partial charge in [-0.15, -0.1) is 0 Å². The summed E-state index contributed by atoms with van der Waals surface area (Å²) >= 11 is 0. The van der Waals surface area contributed by atoms with Crippen molar-refractivity contribution in [1.82, 2.24) is 24.5 Å². The predicted molar refractivity (Wildman–Crippen MR) is 93.8 cm³/mol. The molecule has 0 bridgehead atoms. The second kappa shape index (κ2) is 7.07. The smallest absolute Gasteiger partial charge is 0.0641 e. The van der Waals surface area contributed by atoms with Crippen molar-refractivity contribution in [3.05, 3.63) is 34.9 Å². The van der Waals surface area contributed by atoms with Crippen LogP contribution in [-0.4, -0.2) is 49.3 Å². The fourth-order valence-electron chi connectivity index (χ4n) is 3.90. The molecule has 0 radical (unpaired) electrons. The molecular formula is C18H29N5O. The van der Waals surface area contributed by atoms with Crippen LogP contribution in [0.5, 0.6) is 0 Å². The molecule has 0 spiro atoms. The van der Waals surface area contributed by atoms with Crippen LogP contribution >= 0.6 is 0 Å². The topological polar surface area (TPSA) is 59.1 Å². The van der Waals surface area contributed by atoms with Gasteiger partial charge in [-0.2, -0.15) is 10.2 Å². The summed E-state index contributed by atoms with van der Waals surface area (Å²) in [4.78, 5) is 2.45. The molecule has 1 aliphatic heterocycles. The highest BCUT2D eigenvalue weighted by Crippen LogP contribution is 2.33. The Morgan fingerprint density at radius 2 is 2.08 bits per heavy atom. The minimum atomic E-state index is 0.225. The Balaban J connectivity index is 1.75. The van der Waals surface area contributed by atoms with Crippen molar-refractivity contribution < 1.29 is 5.11 Å². The molecule has 0 saturated carbocycles. The lowest BCUT2D eigenvalue weighted by atomic mass is 9.92. The van der Waals surface area contributed by atoms with Gasteiger partial charge in [0.25, 0.3) is 0 Å². The van der Waals surface area contributed by atoms with Gasteiger partial charge in [-0.25, -0.2) is 0 Å². The number of aryl methyl sites for hydroxylation is 3. The van der Waals surface area contributed by atoms with E-state index in [4.69, 9.17) is 0 Å². The highest BCUT2D eigenvalue weighted by atomic mass is 16.3. The SMILES string of the molecule is CCCn1nc(C)c(CN2C[C@@H](CO)[C@H](c3cnn(C)c3)C2)c1C. The Hall–Kier alpha value is -1.66. The zero-order valence-electron chi connectivity index (χ0n) is 15.2. The number of aliphatic hydroxyl groups excluding tert-OH is 1. The number of aliphatic hydroxyl groups is 1. The van der Waals surface area contributed by atoms with Crippen LogP contribution in [0, 0.1) is 19.8 Å². The van der Waals surface area contributed by atoms with E-state index in [1.54, 1.807) is 0 Å². The molecule has 24 heavy (non-hydrogen) atoms. The maximum absolute atomic E-state index is 9.80. The minimum Gasteiger partial charge on any atom is -0.396 e. The number of aromatic nitrogens is 4. The predicted octanol–water partition coefficient (Wildman–Crippen LogP) is 1.85. The first-order valence-electron chi connectivity index (χ1n) is 8.88. The monoisotopic (exact) mass is 331 g/mol. The van der Waals surface area contributed by atoms with Crippen LogP contribution in [0.2, 0.25) is 0 Å². The molecular weight excluding hydrogens is 302 g/mol. The zero-order valence-corrected chi connectivity index (χ0v) is 15.2. The first kappa shape index (κ1) is 17.2. The Morgan fingerprint density at radius 1 is 1.29 bits per heavy atom. The van der Waals surface area contributed by atoms with Crippen LogP contribution in [0.3, 0.4) is 0 Å². The molecule has 0 aromatic carbocycles. The molecule has 1 N–H and O–H groups in total. The fourth-order valence-corrected chi connectivity index (χ4v) is 3.90. The molecule has 2 atom stereocenters. The van der Waals surface area contributed by atoms with E-state index in [2.05, 4.69) is 46.7 Å². The third kappa shape index (κ3) is 3.26. The van der Waals surface area contributed by atoms with Crippen molar-refractivity contribution >= 4 is 0 Å². The van der Waals surface area contributed by atoms with E-state index in [-0.39, 0.29) is 12.5 Å². The molecule has 132 valence electrons. The Labute approximate surface area is 144 Å². The van der Waals surface area contributed by atoms with Crippen molar-refractivity contribution in [2.24, 2.45) is 13.0 Å². The van der Waals surface area contributed by atoms with Crippen LogP contribution in [0.4, 0.5) is 0 Å². The molecule has 0 unspecified atom stereocenters. The summed E-state index contributed by atoms with van der Waals surface area (Å²) in [6.45, 7) is 10.5. The van der Waals surface area contributed by atoms with Gasteiger partial charge in [0.05, 0.1) is 11.9 Å². The molecule has 2 aromatic heterocycles. The van der Waals surface area contributed by atoms with Crippen molar-refractivity contribution in [2.75, 3.05) is 19.7 Å². The number of hydrogen-bond donors (Lipinski definition) is 1. The van der Waals surface area contributed by atoms with Crippen LogP contribution in [0.25, 0.3) is 0 Å². The number of nitrogens with zero attached hydrogens (tertiary/aromatic N) is 5. The zero-order chi connectivity index (χ0) is 17.3. The van der Waals surface area contributed by atoms with Gasteiger partial charge in [-0.3, -0.25) is 14.3 Å². The van der Waals surface area contributed by atoms with E-state index in [9.17, 15) is 5.11 Å². The second-order valence-electron chi connectivity index (χ2n) is 7.06. The van der Waals surface area contributed by atoms with Crippen molar-refractivity contribution in [2.45, 2.75) is 46.2 Å². The van der Waals surface area contributed by atoms with Crippen molar-refractivity contribution in [3.63, 3.8) is 0 Å². The summed E-state index contributed by atoms with van der Waals surface area (Å²) in [5.41, 5.74) is 4.98. The Morgan fingerprint density at radius 3 is 2.71 bits per heavy atom. The van der Waals surface area contributed by atoms with Crippen LogP contribution < -0.4 is 0 Å². The van der Waals surface area contributed by atoms with Gasteiger partial charge in [0.1, 0.15) is 0 Å². The number of hydrogen-bond acceptors (Lipinski definition) is 4. The van der Waals surface area contributed by atoms with E-state index in [0.29, 0.717) is 5.92 Å². The third-order valence-electron chi connectivity index (χ3n) is 5.25. The Kier molecular flexibility index (Phi) is 5.06. The van der Waals surface area contributed by atoms with Gasteiger partial charge in [-0.05, 0) is 25.8 Å². The number of rotatable bonds is 6. The maximum atomic E-state index is 9.80. The average molecular weight is 331 g/mol. The highest BCUT2D eigenvalue weighted by molar-refractivity contribution is 5.25. The van der Waals surface area contributed by atoms with E-state index < -0.39 is 0 Å². The molecule has 1 saturated heterocycles. The number of likely N-dealkylation sites (tertiary alicyclic amines) is 1. The molecule has 1 aliphatic rings. The minimum absolute atomic E-state index is 0.225. The van der Waals surface area contributed by atoms with Crippen LogP contribution in [-0.2, 0) is 20.1 Å². The molecule has 6 heteroatoms. The van der Waals surface area contributed by atoms with Crippen LogP contribution in [0.1, 0.15) is 41.8 Å². The van der Waals surface area contributed by atoms with Gasteiger partial charge in [0, 0.05) is 69.1 Å². The third-order valence-corrected chi connectivity index (χ3v) is 5.25. The van der Waals surface area contributed by atoms with E-state index in [1.165, 1.54) is 16.8 Å². The van der Waals surface area contributed by atoms with Gasteiger partial charge < -0.3 is 5.11 Å². The van der Waals surface area contributed by atoms with E-state index >= 15 is 0 Å². The molecule has 3 heterocycles. The molecule has 6 nitrogen and oxygen atoms in total. The molecule has 3 rings (SSSR count). The van der Waals surface area contributed by atoms with Gasteiger partial charge in [-0.1, -0.05) is 6.92 Å². The van der Waals surface area contributed by atoms with Gasteiger partial charge >= 0.3 is 0 Å².